The number of halogens is 2. The normalized spacial score (nSPS) is 10.4. The number of amides is 1. The number of esters is 1. The third-order valence-corrected chi connectivity index (χ3v) is 4.70. The molecule has 0 heterocycles. The van der Waals surface area contributed by atoms with Gasteiger partial charge in [0.15, 0.2) is 6.61 Å². The third-order valence-electron chi connectivity index (χ3n) is 3.18. The summed E-state index contributed by atoms with van der Waals surface area (Å²) in [4.78, 5) is 23.5. The minimum Gasteiger partial charge on any atom is -0.455 e. The van der Waals surface area contributed by atoms with E-state index < -0.39 is 11.9 Å². The lowest BCUT2D eigenvalue weighted by Gasteiger charge is -2.08. The second-order valence-electron chi connectivity index (χ2n) is 5.31. The topological polar surface area (TPSA) is 55.4 Å². The van der Waals surface area contributed by atoms with Crippen LogP contribution in [0.25, 0.3) is 0 Å². The number of rotatable bonds is 7. The molecule has 0 aliphatic heterocycles. The molecule has 132 valence electrons. The molecule has 0 atom stereocenters. The number of carbonyl (C=O) groups is 2. The smallest absolute Gasteiger partial charge is 0.316 e. The molecule has 1 amide bonds. The maximum Gasteiger partial charge on any atom is 0.316 e. The van der Waals surface area contributed by atoms with Crippen LogP contribution in [-0.2, 0) is 20.1 Å². The van der Waals surface area contributed by atoms with Gasteiger partial charge in [-0.25, -0.2) is 0 Å². The molecule has 0 saturated heterocycles. The molecular formula is C18H17Cl2NO3S. The lowest BCUT2D eigenvalue weighted by atomic mass is 10.2. The molecule has 0 saturated carbocycles. The van der Waals surface area contributed by atoms with Gasteiger partial charge in [-0.3, -0.25) is 9.59 Å². The van der Waals surface area contributed by atoms with Gasteiger partial charge in [0, 0.05) is 10.8 Å². The van der Waals surface area contributed by atoms with Crippen molar-refractivity contribution in [2.75, 3.05) is 17.7 Å². The highest BCUT2D eigenvalue weighted by atomic mass is 35.5. The van der Waals surface area contributed by atoms with E-state index in [-0.39, 0.29) is 12.4 Å². The number of aryl methyl sites for hydroxylation is 1. The average molecular weight is 398 g/mol. The van der Waals surface area contributed by atoms with Crippen molar-refractivity contribution in [3.8, 4) is 0 Å². The molecular weight excluding hydrogens is 381 g/mol. The molecule has 0 bridgehead atoms. The summed E-state index contributed by atoms with van der Waals surface area (Å²) >= 11 is 13.2. The summed E-state index contributed by atoms with van der Waals surface area (Å²) in [6, 6.07) is 12.8. The Morgan fingerprint density at radius 2 is 1.84 bits per heavy atom. The SMILES string of the molecule is Cc1ccc(CSCC(=O)OCC(=O)Nc2ccc(Cl)cc2Cl)cc1. The monoisotopic (exact) mass is 397 g/mol. The summed E-state index contributed by atoms with van der Waals surface area (Å²) in [5.41, 5.74) is 2.75. The van der Waals surface area contributed by atoms with E-state index in [2.05, 4.69) is 5.32 Å². The van der Waals surface area contributed by atoms with Crippen LogP contribution in [0.15, 0.2) is 42.5 Å². The van der Waals surface area contributed by atoms with Gasteiger partial charge in [0.1, 0.15) is 0 Å². The molecule has 7 heteroatoms. The first-order valence-electron chi connectivity index (χ1n) is 7.48. The number of ether oxygens (including phenoxy) is 1. The van der Waals surface area contributed by atoms with Gasteiger partial charge >= 0.3 is 5.97 Å². The van der Waals surface area contributed by atoms with Crippen molar-refractivity contribution in [1.82, 2.24) is 0 Å². The number of thioether (sulfide) groups is 1. The fourth-order valence-corrected chi connectivity index (χ4v) is 3.14. The molecule has 2 aromatic rings. The Hall–Kier alpha value is -1.69. The number of benzene rings is 2. The van der Waals surface area contributed by atoms with Gasteiger partial charge in [-0.1, -0.05) is 53.0 Å². The number of hydrogen-bond acceptors (Lipinski definition) is 4. The summed E-state index contributed by atoms with van der Waals surface area (Å²) in [5.74, 6) is 0.000678. The van der Waals surface area contributed by atoms with E-state index in [1.165, 1.54) is 23.4 Å². The van der Waals surface area contributed by atoms with Crippen LogP contribution in [0, 0.1) is 6.92 Å². The molecule has 2 rings (SSSR count). The minimum absolute atomic E-state index is 0.183. The molecule has 1 N–H and O–H groups in total. The molecule has 25 heavy (non-hydrogen) atoms. The zero-order chi connectivity index (χ0) is 18.2. The van der Waals surface area contributed by atoms with Crippen LogP contribution in [0.5, 0.6) is 0 Å². The maximum atomic E-state index is 11.8. The Bertz CT molecular complexity index is 750. The van der Waals surface area contributed by atoms with Gasteiger partial charge in [0.2, 0.25) is 0 Å². The van der Waals surface area contributed by atoms with Gasteiger partial charge in [-0.15, -0.1) is 11.8 Å². The van der Waals surface area contributed by atoms with E-state index in [0.717, 1.165) is 5.56 Å². The van der Waals surface area contributed by atoms with Crippen molar-refractivity contribution in [3.63, 3.8) is 0 Å². The van der Waals surface area contributed by atoms with Crippen LogP contribution >= 0.6 is 35.0 Å². The molecule has 0 aromatic heterocycles. The number of hydrogen-bond donors (Lipinski definition) is 1. The number of carbonyl (C=O) groups excluding carboxylic acids is 2. The molecule has 0 aliphatic carbocycles. The van der Waals surface area contributed by atoms with Gasteiger partial charge < -0.3 is 10.1 Å². The van der Waals surface area contributed by atoms with Crippen molar-refractivity contribution in [1.29, 1.82) is 0 Å². The molecule has 0 radical (unpaired) electrons. The van der Waals surface area contributed by atoms with Gasteiger partial charge in [-0.2, -0.15) is 0 Å². The molecule has 2 aromatic carbocycles. The highest BCUT2D eigenvalue weighted by Gasteiger charge is 2.10. The zero-order valence-corrected chi connectivity index (χ0v) is 15.9. The summed E-state index contributed by atoms with van der Waals surface area (Å²) in [6.07, 6.45) is 0. The summed E-state index contributed by atoms with van der Waals surface area (Å²) in [6.45, 7) is 1.67. The average Bonchev–Trinajstić information content (AvgIpc) is 2.57. The van der Waals surface area contributed by atoms with Crippen molar-refractivity contribution in [3.05, 3.63) is 63.6 Å². The molecule has 0 spiro atoms. The van der Waals surface area contributed by atoms with E-state index in [4.69, 9.17) is 27.9 Å². The van der Waals surface area contributed by atoms with Crippen molar-refractivity contribution in [2.45, 2.75) is 12.7 Å². The summed E-state index contributed by atoms with van der Waals surface area (Å²) < 4.78 is 4.96. The molecule has 0 aliphatic rings. The van der Waals surface area contributed by atoms with Gasteiger partial charge in [-0.05, 0) is 30.7 Å². The molecule has 0 unspecified atom stereocenters. The second kappa shape index (κ2) is 9.70. The van der Waals surface area contributed by atoms with Crippen molar-refractivity contribution in [2.24, 2.45) is 0 Å². The standard InChI is InChI=1S/C18H17Cl2NO3S/c1-12-2-4-13(5-3-12)10-25-11-18(23)24-9-17(22)21-16-7-6-14(19)8-15(16)20/h2-8H,9-11H2,1H3,(H,21,22). The highest BCUT2D eigenvalue weighted by Crippen LogP contribution is 2.25. The number of nitrogens with one attached hydrogen (secondary N) is 1. The van der Waals surface area contributed by atoms with Gasteiger partial charge in [0.05, 0.1) is 16.5 Å². The van der Waals surface area contributed by atoms with Crippen LogP contribution in [0.2, 0.25) is 10.0 Å². The highest BCUT2D eigenvalue weighted by molar-refractivity contribution is 7.99. The Labute approximate surface area is 160 Å². The Morgan fingerprint density at radius 1 is 1.12 bits per heavy atom. The number of anilines is 1. The van der Waals surface area contributed by atoms with E-state index in [1.54, 1.807) is 12.1 Å². The van der Waals surface area contributed by atoms with Crippen LogP contribution in [0.4, 0.5) is 5.69 Å². The van der Waals surface area contributed by atoms with Crippen molar-refractivity contribution < 1.29 is 14.3 Å². The minimum atomic E-state index is -0.457. The van der Waals surface area contributed by atoms with Crippen LogP contribution < -0.4 is 5.32 Å². The van der Waals surface area contributed by atoms with Crippen LogP contribution in [0.1, 0.15) is 11.1 Å². The predicted octanol–water partition coefficient (Wildman–Crippen LogP) is 4.72. The lowest BCUT2D eigenvalue weighted by Crippen LogP contribution is -2.21. The lowest BCUT2D eigenvalue weighted by molar-refractivity contribution is -0.144. The molecule has 4 nitrogen and oxygen atoms in total. The first-order chi connectivity index (χ1) is 11.9. The quantitative estimate of drug-likeness (QED) is 0.686. The first kappa shape index (κ1) is 19.6. The predicted molar refractivity (Wildman–Crippen MR) is 103 cm³/mol. The Balaban J connectivity index is 1.68. The fourth-order valence-electron chi connectivity index (χ4n) is 1.90. The van der Waals surface area contributed by atoms with E-state index in [9.17, 15) is 9.59 Å². The summed E-state index contributed by atoms with van der Waals surface area (Å²) in [7, 11) is 0. The van der Waals surface area contributed by atoms with Crippen LogP contribution in [-0.4, -0.2) is 24.2 Å². The van der Waals surface area contributed by atoms with Crippen molar-refractivity contribution >= 4 is 52.5 Å². The maximum absolute atomic E-state index is 11.8. The van der Waals surface area contributed by atoms with E-state index in [1.807, 2.05) is 31.2 Å². The van der Waals surface area contributed by atoms with E-state index in [0.29, 0.717) is 21.5 Å². The third kappa shape index (κ3) is 6.98. The largest absolute Gasteiger partial charge is 0.455 e. The van der Waals surface area contributed by atoms with Gasteiger partial charge in [0.25, 0.3) is 5.91 Å². The Kier molecular flexibility index (Phi) is 7.62. The second-order valence-corrected chi connectivity index (χ2v) is 7.14. The molecule has 0 fully saturated rings. The van der Waals surface area contributed by atoms with Crippen LogP contribution in [0.3, 0.4) is 0 Å². The first-order valence-corrected chi connectivity index (χ1v) is 9.39. The summed E-state index contributed by atoms with van der Waals surface area (Å²) in [5, 5.41) is 3.36. The van der Waals surface area contributed by atoms with E-state index >= 15 is 0 Å². The Morgan fingerprint density at radius 3 is 2.52 bits per heavy atom. The zero-order valence-electron chi connectivity index (χ0n) is 13.6. The fraction of sp³-hybridized carbons (Fsp3) is 0.222.